The van der Waals surface area contributed by atoms with E-state index in [4.69, 9.17) is 0 Å². The summed E-state index contributed by atoms with van der Waals surface area (Å²) in [6.07, 6.45) is 3.19. The molecule has 1 fully saturated rings. The molecule has 0 radical (unpaired) electrons. The van der Waals surface area contributed by atoms with Crippen molar-refractivity contribution in [3.8, 4) is 0 Å². The maximum atomic E-state index is 9.65. The summed E-state index contributed by atoms with van der Waals surface area (Å²) < 4.78 is 0. The fourth-order valence-electron chi connectivity index (χ4n) is 1.93. The summed E-state index contributed by atoms with van der Waals surface area (Å²) in [7, 11) is 0. The molecule has 1 heteroatoms. The normalized spacial score (nSPS) is 38.6. The van der Waals surface area contributed by atoms with Crippen LogP contribution in [0, 0.1) is 11.8 Å². The molecule has 11 heavy (non-hydrogen) atoms. The maximum Gasteiger partial charge on any atom is 0.0607 e. The second kappa shape index (κ2) is 3.40. The molecule has 64 valence electrons. The second-order valence-electron chi connectivity index (χ2n) is 3.94. The first-order valence-corrected chi connectivity index (χ1v) is 4.44. The molecule has 1 saturated carbocycles. The lowest BCUT2D eigenvalue weighted by Crippen LogP contribution is -2.28. The van der Waals surface area contributed by atoms with Crippen molar-refractivity contribution in [2.75, 3.05) is 0 Å². The van der Waals surface area contributed by atoms with Gasteiger partial charge >= 0.3 is 0 Å². The van der Waals surface area contributed by atoms with E-state index in [2.05, 4.69) is 13.5 Å². The molecule has 1 nitrogen and oxygen atoms in total. The zero-order chi connectivity index (χ0) is 8.43. The molecule has 0 bridgehead atoms. The Bertz CT molecular complexity index is 151. The minimum atomic E-state index is -0.128. The zero-order valence-electron chi connectivity index (χ0n) is 7.51. The van der Waals surface area contributed by atoms with Crippen molar-refractivity contribution < 1.29 is 5.11 Å². The first kappa shape index (κ1) is 8.79. The first-order valence-electron chi connectivity index (χ1n) is 4.44. The third-order valence-electron chi connectivity index (χ3n) is 2.71. The number of aliphatic hydroxyl groups excluding tert-OH is 1. The molecule has 3 atom stereocenters. The number of hydrogen-bond acceptors (Lipinski definition) is 1. The Hall–Kier alpha value is -0.300. The van der Waals surface area contributed by atoms with Crippen LogP contribution in [0.15, 0.2) is 12.2 Å². The molecule has 0 heterocycles. The Balaban J connectivity index is 2.50. The lowest BCUT2D eigenvalue weighted by Gasteiger charge is -2.31. The van der Waals surface area contributed by atoms with Crippen molar-refractivity contribution in [2.45, 2.75) is 39.2 Å². The van der Waals surface area contributed by atoms with Crippen LogP contribution >= 0.6 is 0 Å². The van der Waals surface area contributed by atoms with Gasteiger partial charge in [-0.2, -0.15) is 0 Å². The van der Waals surface area contributed by atoms with Gasteiger partial charge in [0.2, 0.25) is 0 Å². The lowest BCUT2D eigenvalue weighted by atomic mass is 9.78. The average molecular weight is 154 g/mol. The highest BCUT2D eigenvalue weighted by atomic mass is 16.3. The van der Waals surface area contributed by atoms with E-state index in [1.165, 1.54) is 6.42 Å². The fourth-order valence-corrected chi connectivity index (χ4v) is 1.93. The summed E-state index contributed by atoms with van der Waals surface area (Å²) in [6, 6.07) is 0. The van der Waals surface area contributed by atoms with Crippen LogP contribution in [0.5, 0.6) is 0 Å². The van der Waals surface area contributed by atoms with E-state index in [0.29, 0.717) is 11.8 Å². The van der Waals surface area contributed by atoms with Crippen LogP contribution in [-0.2, 0) is 0 Å². The minimum absolute atomic E-state index is 0.128. The van der Waals surface area contributed by atoms with E-state index in [1.807, 2.05) is 6.92 Å². The summed E-state index contributed by atoms with van der Waals surface area (Å²) >= 11 is 0. The van der Waals surface area contributed by atoms with Gasteiger partial charge in [0, 0.05) is 5.92 Å². The topological polar surface area (TPSA) is 20.2 Å². The molecule has 1 N–H and O–H groups in total. The minimum Gasteiger partial charge on any atom is -0.392 e. The van der Waals surface area contributed by atoms with Gasteiger partial charge in [-0.05, 0) is 32.1 Å². The highest BCUT2D eigenvalue weighted by Gasteiger charge is 2.26. The molecule has 0 aromatic rings. The Labute approximate surface area is 69.1 Å². The van der Waals surface area contributed by atoms with E-state index in [1.54, 1.807) is 0 Å². The fraction of sp³-hybridized carbons (Fsp3) is 0.800. The SMILES string of the molecule is C=C(C)[C@@H]1CC[C@H](C)C[C@H]1O. The molecule has 0 saturated heterocycles. The van der Waals surface area contributed by atoms with Crippen molar-refractivity contribution in [3.05, 3.63) is 12.2 Å². The number of hydrogen-bond donors (Lipinski definition) is 1. The van der Waals surface area contributed by atoms with Crippen LogP contribution in [0.25, 0.3) is 0 Å². The van der Waals surface area contributed by atoms with Crippen molar-refractivity contribution >= 4 is 0 Å². The van der Waals surface area contributed by atoms with Crippen LogP contribution < -0.4 is 0 Å². The average Bonchev–Trinajstić information content (AvgIpc) is 1.85. The highest BCUT2D eigenvalue weighted by Crippen LogP contribution is 2.32. The lowest BCUT2D eigenvalue weighted by molar-refractivity contribution is 0.0656. The third kappa shape index (κ3) is 2.06. The molecule has 0 aromatic carbocycles. The second-order valence-corrected chi connectivity index (χ2v) is 3.94. The van der Waals surface area contributed by atoms with Crippen LogP contribution in [0.3, 0.4) is 0 Å². The monoisotopic (exact) mass is 154 g/mol. The van der Waals surface area contributed by atoms with Gasteiger partial charge in [0.15, 0.2) is 0 Å². The molecular weight excluding hydrogens is 136 g/mol. The van der Waals surface area contributed by atoms with Crippen molar-refractivity contribution in [3.63, 3.8) is 0 Å². The quantitative estimate of drug-likeness (QED) is 0.575. The molecule has 0 aromatic heterocycles. The number of rotatable bonds is 1. The van der Waals surface area contributed by atoms with Gasteiger partial charge in [0.05, 0.1) is 6.10 Å². The van der Waals surface area contributed by atoms with Gasteiger partial charge < -0.3 is 5.11 Å². The van der Waals surface area contributed by atoms with Crippen molar-refractivity contribution in [1.29, 1.82) is 0 Å². The van der Waals surface area contributed by atoms with Crippen LogP contribution in [0.4, 0.5) is 0 Å². The Kier molecular flexibility index (Phi) is 2.72. The third-order valence-corrected chi connectivity index (χ3v) is 2.71. The number of aliphatic hydroxyl groups is 1. The largest absolute Gasteiger partial charge is 0.392 e. The smallest absolute Gasteiger partial charge is 0.0607 e. The van der Waals surface area contributed by atoms with Gasteiger partial charge in [-0.3, -0.25) is 0 Å². The van der Waals surface area contributed by atoms with E-state index in [-0.39, 0.29) is 6.10 Å². The highest BCUT2D eigenvalue weighted by molar-refractivity contribution is 5.01. The van der Waals surface area contributed by atoms with Crippen molar-refractivity contribution in [2.24, 2.45) is 11.8 Å². The van der Waals surface area contributed by atoms with Crippen molar-refractivity contribution in [1.82, 2.24) is 0 Å². The van der Waals surface area contributed by atoms with Gasteiger partial charge in [0.25, 0.3) is 0 Å². The van der Waals surface area contributed by atoms with Gasteiger partial charge in [-0.15, -0.1) is 0 Å². The molecule has 0 aliphatic heterocycles. The molecule has 1 aliphatic rings. The summed E-state index contributed by atoms with van der Waals surface area (Å²) in [5.41, 5.74) is 1.14. The summed E-state index contributed by atoms with van der Waals surface area (Å²) in [4.78, 5) is 0. The molecule has 1 rings (SSSR count). The molecule has 1 aliphatic carbocycles. The van der Waals surface area contributed by atoms with Gasteiger partial charge in [-0.1, -0.05) is 19.1 Å². The molecule has 0 amide bonds. The van der Waals surface area contributed by atoms with Gasteiger partial charge in [0.1, 0.15) is 0 Å². The maximum absolute atomic E-state index is 9.65. The summed E-state index contributed by atoms with van der Waals surface area (Å²) in [5, 5.41) is 9.65. The van der Waals surface area contributed by atoms with Crippen LogP contribution in [0.2, 0.25) is 0 Å². The Morgan fingerprint density at radius 3 is 2.55 bits per heavy atom. The first-order chi connectivity index (χ1) is 5.11. The van der Waals surface area contributed by atoms with E-state index in [9.17, 15) is 5.11 Å². The molecule has 0 spiro atoms. The van der Waals surface area contributed by atoms with E-state index >= 15 is 0 Å². The van der Waals surface area contributed by atoms with Crippen LogP contribution in [-0.4, -0.2) is 11.2 Å². The predicted molar refractivity (Wildman–Crippen MR) is 47.3 cm³/mol. The predicted octanol–water partition coefficient (Wildman–Crippen LogP) is 2.36. The summed E-state index contributed by atoms with van der Waals surface area (Å²) in [6.45, 7) is 8.12. The Morgan fingerprint density at radius 2 is 2.09 bits per heavy atom. The van der Waals surface area contributed by atoms with Gasteiger partial charge in [-0.25, -0.2) is 0 Å². The zero-order valence-corrected chi connectivity index (χ0v) is 7.51. The van der Waals surface area contributed by atoms with Crippen LogP contribution in [0.1, 0.15) is 33.1 Å². The molecule has 0 unspecified atom stereocenters. The standard InChI is InChI=1S/C10H18O/c1-7(2)9-5-4-8(3)6-10(9)11/h8-11H,1,4-6H2,2-3H3/t8-,9-,10+/m0/s1. The summed E-state index contributed by atoms with van der Waals surface area (Å²) in [5.74, 6) is 1.06. The van der Waals surface area contributed by atoms with E-state index in [0.717, 1.165) is 18.4 Å². The Morgan fingerprint density at radius 1 is 1.45 bits per heavy atom. The van der Waals surface area contributed by atoms with E-state index < -0.39 is 0 Å². The molecular formula is C10H18O.